The lowest BCUT2D eigenvalue weighted by Crippen LogP contribution is -2.27. The second kappa shape index (κ2) is 5.14. The summed E-state index contributed by atoms with van der Waals surface area (Å²) in [6.07, 6.45) is -0.380. The Morgan fingerprint density at radius 3 is 2.50 bits per heavy atom. The Morgan fingerprint density at radius 1 is 1.44 bits per heavy atom. The Hall–Kier alpha value is -0.620. The molecule has 0 aliphatic carbocycles. The zero-order valence-electron chi connectivity index (χ0n) is 9.55. The van der Waals surface area contributed by atoms with Gasteiger partial charge in [-0.15, -0.1) is 0 Å². The molecule has 16 heavy (non-hydrogen) atoms. The molecule has 0 saturated carbocycles. The molecule has 94 valence electrons. The third kappa shape index (κ3) is 4.09. The highest BCUT2D eigenvalue weighted by Crippen LogP contribution is 2.21. The first-order valence-corrected chi connectivity index (χ1v) is 7.21. The molecule has 0 amide bonds. The average Bonchev–Trinajstić information content (AvgIpc) is 2.48. The van der Waals surface area contributed by atoms with Gasteiger partial charge in [0.2, 0.25) is 0 Å². The molecule has 1 aliphatic heterocycles. The van der Waals surface area contributed by atoms with Crippen LogP contribution >= 0.6 is 0 Å². The summed E-state index contributed by atoms with van der Waals surface area (Å²) in [5.74, 6) is -0.857. The molecular formula is C10H18O5S. The van der Waals surface area contributed by atoms with Crippen LogP contribution in [0.15, 0.2) is 0 Å². The van der Waals surface area contributed by atoms with Gasteiger partial charge in [0.15, 0.2) is 15.9 Å². The normalized spacial score (nSPS) is 26.2. The van der Waals surface area contributed by atoms with Crippen molar-refractivity contribution in [1.29, 1.82) is 0 Å². The minimum Gasteiger partial charge on any atom is -0.479 e. The van der Waals surface area contributed by atoms with Gasteiger partial charge in [-0.25, -0.2) is 13.2 Å². The van der Waals surface area contributed by atoms with Gasteiger partial charge in [0.1, 0.15) is 0 Å². The summed E-state index contributed by atoms with van der Waals surface area (Å²) in [7, 11) is -3.13. The molecule has 2 atom stereocenters. The first kappa shape index (κ1) is 13.4. The van der Waals surface area contributed by atoms with Gasteiger partial charge in [-0.2, -0.15) is 0 Å². The van der Waals surface area contributed by atoms with E-state index in [2.05, 4.69) is 0 Å². The van der Waals surface area contributed by atoms with E-state index < -0.39 is 28.0 Å². The molecule has 1 N–H and O–H groups in total. The lowest BCUT2D eigenvalue weighted by atomic mass is 10.2. The van der Waals surface area contributed by atoms with Gasteiger partial charge in [0.25, 0.3) is 0 Å². The molecule has 0 aromatic rings. The summed E-state index contributed by atoms with van der Waals surface area (Å²) < 4.78 is 28.5. The van der Waals surface area contributed by atoms with Gasteiger partial charge in [-0.3, -0.25) is 0 Å². The monoisotopic (exact) mass is 250 g/mol. The minimum atomic E-state index is -3.13. The Labute approximate surface area is 95.7 Å². The van der Waals surface area contributed by atoms with Gasteiger partial charge in [0, 0.05) is 0 Å². The second-order valence-electron chi connectivity index (χ2n) is 4.63. The number of hydrogen-bond acceptors (Lipinski definition) is 4. The summed E-state index contributed by atoms with van der Waals surface area (Å²) >= 11 is 0. The van der Waals surface area contributed by atoms with E-state index in [1.54, 1.807) is 0 Å². The van der Waals surface area contributed by atoms with E-state index >= 15 is 0 Å². The van der Waals surface area contributed by atoms with Crippen LogP contribution in [0.4, 0.5) is 0 Å². The summed E-state index contributed by atoms with van der Waals surface area (Å²) in [5.41, 5.74) is 0. The highest BCUT2D eigenvalue weighted by atomic mass is 32.2. The molecule has 0 aromatic carbocycles. The molecule has 1 rings (SSSR count). The largest absolute Gasteiger partial charge is 0.479 e. The quantitative estimate of drug-likeness (QED) is 0.776. The Bertz CT molecular complexity index is 346. The summed E-state index contributed by atoms with van der Waals surface area (Å²) in [4.78, 5) is 10.6. The molecule has 0 aromatic heterocycles. The maximum atomic E-state index is 11.6. The summed E-state index contributed by atoms with van der Waals surface area (Å²) in [6.45, 7) is 3.68. The minimum absolute atomic E-state index is 0.0606. The van der Waals surface area contributed by atoms with Crippen LogP contribution in [0.5, 0.6) is 0 Å². The predicted molar refractivity (Wildman–Crippen MR) is 59.0 cm³/mol. The zero-order valence-corrected chi connectivity index (χ0v) is 10.4. The predicted octanol–water partition coefficient (Wildman–Crippen LogP) is 0.689. The molecule has 6 heteroatoms. The first-order valence-electron chi connectivity index (χ1n) is 5.39. The van der Waals surface area contributed by atoms with Crippen molar-refractivity contribution in [3.05, 3.63) is 0 Å². The van der Waals surface area contributed by atoms with Crippen LogP contribution in [0.3, 0.4) is 0 Å². The fourth-order valence-electron chi connectivity index (χ4n) is 1.87. The first-order chi connectivity index (χ1) is 7.30. The van der Waals surface area contributed by atoms with E-state index in [-0.39, 0.29) is 17.4 Å². The lowest BCUT2D eigenvalue weighted by molar-refractivity contribution is -0.148. The van der Waals surface area contributed by atoms with Crippen LogP contribution in [-0.4, -0.2) is 43.2 Å². The van der Waals surface area contributed by atoms with E-state index in [0.717, 1.165) is 0 Å². The van der Waals surface area contributed by atoms with Crippen LogP contribution in [0.1, 0.15) is 26.7 Å². The van der Waals surface area contributed by atoms with E-state index in [1.807, 2.05) is 13.8 Å². The number of aliphatic carboxylic acids is 1. The SMILES string of the molecule is CC(C)CS(=O)(=O)CC1CCC(C(=O)O)O1. The molecule has 2 unspecified atom stereocenters. The number of carboxylic acid groups (broad SMARTS) is 1. The van der Waals surface area contributed by atoms with Crippen molar-refractivity contribution in [2.75, 3.05) is 11.5 Å². The van der Waals surface area contributed by atoms with Crippen molar-refractivity contribution >= 4 is 15.8 Å². The number of ether oxygens (including phenoxy) is 1. The maximum absolute atomic E-state index is 11.6. The smallest absolute Gasteiger partial charge is 0.332 e. The van der Waals surface area contributed by atoms with Crippen molar-refractivity contribution in [3.8, 4) is 0 Å². The van der Waals surface area contributed by atoms with Crippen LogP contribution in [0, 0.1) is 5.92 Å². The van der Waals surface area contributed by atoms with Crippen molar-refractivity contribution in [3.63, 3.8) is 0 Å². The topological polar surface area (TPSA) is 80.7 Å². The number of hydrogen-bond donors (Lipinski definition) is 1. The molecule has 1 fully saturated rings. The van der Waals surface area contributed by atoms with Crippen molar-refractivity contribution in [1.82, 2.24) is 0 Å². The third-order valence-electron chi connectivity index (χ3n) is 2.41. The lowest BCUT2D eigenvalue weighted by Gasteiger charge is -2.12. The zero-order chi connectivity index (χ0) is 12.3. The van der Waals surface area contributed by atoms with E-state index in [1.165, 1.54) is 0 Å². The Balaban J connectivity index is 2.48. The molecular weight excluding hydrogens is 232 g/mol. The highest BCUT2D eigenvalue weighted by molar-refractivity contribution is 7.91. The van der Waals surface area contributed by atoms with Crippen molar-refractivity contribution in [2.45, 2.75) is 38.9 Å². The highest BCUT2D eigenvalue weighted by Gasteiger charge is 2.33. The summed E-state index contributed by atoms with van der Waals surface area (Å²) in [6, 6.07) is 0. The number of carbonyl (C=O) groups is 1. The van der Waals surface area contributed by atoms with Crippen LogP contribution < -0.4 is 0 Å². The van der Waals surface area contributed by atoms with Crippen LogP contribution in [0.25, 0.3) is 0 Å². The van der Waals surface area contributed by atoms with Crippen molar-refractivity contribution < 1.29 is 23.1 Å². The number of sulfone groups is 1. The molecule has 0 spiro atoms. The molecule has 1 saturated heterocycles. The number of rotatable bonds is 5. The molecule has 1 aliphatic rings. The third-order valence-corrected chi connectivity index (χ3v) is 4.46. The average molecular weight is 250 g/mol. The van der Waals surface area contributed by atoms with Crippen LogP contribution in [0.2, 0.25) is 0 Å². The molecule has 0 bridgehead atoms. The van der Waals surface area contributed by atoms with Gasteiger partial charge in [0.05, 0.1) is 17.6 Å². The fourth-order valence-corrected chi connectivity index (χ4v) is 3.83. The molecule has 1 heterocycles. The Kier molecular flexibility index (Phi) is 4.32. The second-order valence-corrected chi connectivity index (χ2v) is 6.79. The molecule has 0 radical (unpaired) electrons. The maximum Gasteiger partial charge on any atom is 0.332 e. The van der Waals surface area contributed by atoms with Gasteiger partial charge < -0.3 is 9.84 Å². The van der Waals surface area contributed by atoms with Crippen LogP contribution in [-0.2, 0) is 19.4 Å². The standard InChI is InChI=1S/C10H18O5S/c1-7(2)5-16(13,14)6-8-3-4-9(15-8)10(11)12/h7-9H,3-6H2,1-2H3,(H,11,12). The van der Waals surface area contributed by atoms with Crippen molar-refractivity contribution in [2.24, 2.45) is 5.92 Å². The van der Waals surface area contributed by atoms with Gasteiger partial charge in [-0.05, 0) is 18.8 Å². The fraction of sp³-hybridized carbons (Fsp3) is 0.900. The van der Waals surface area contributed by atoms with Gasteiger partial charge >= 0.3 is 5.97 Å². The van der Waals surface area contributed by atoms with E-state index in [9.17, 15) is 13.2 Å². The van der Waals surface area contributed by atoms with E-state index in [0.29, 0.717) is 12.8 Å². The Morgan fingerprint density at radius 2 is 2.06 bits per heavy atom. The molecule has 5 nitrogen and oxygen atoms in total. The summed E-state index contributed by atoms with van der Waals surface area (Å²) in [5, 5.41) is 8.70. The van der Waals surface area contributed by atoms with E-state index in [4.69, 9.17) is 9.84 Å². The number of carboxylic acids is 1. The van der Waals surface area contributed by atoms with Gasteiger partial charge in [-0.1, -0.05) is 13.8 Å².